The molecule has 0 spiro atoms. The molecule has 3 rings (SSSR count). The number of anilines is 1. The Balaban J connectivity index is 1.93. The molecule has 2 aromatic rings. The van der Waals surface area contributed by atoms with E-state index in [-0.39, 0.29) is 5.91 Å². The third-order valence-electron chi connectivity index (χ3n) is 3.68. The molecule has 2 N–H and O–H groups in total. The molecule has 1 heterocycles. The SMILES string of the molecule is Cc1nn(-c2ccccc2)c(C)c1NC(=O)C1(O)CC1. The number of amides is 1. The smallest absolute Gasteiger partial charge is 0.256 e. The van der Waals surface area contributed by atoms with Gasteiger partial charge >= 0.3 is 0 Å². The molecular weight excluding hydrogens is 254 g/mol. The van der Waals surface area contributed by atoms with Gasteiger partial charge in [-0.1, -0.05) is 18.2 Å². The zero-order chi connectivity index (χ0) is 14.3. The zero-order valence-electron chi connectivity index (χ0n) is 11.6. The fraction of sp³-hybridized carbons (Fsp3) is 0.333. The van der Waals surface area contributed by atoms with Gasteiger partial charge in [-0.05, 0) is 38.8 Å². The third-order valence-corrected chi connectivity index (χ3v) is 3.68. The summed E-state index contributed by atoms with van der Waals surface area (Å²) in [5.41, 5.74) is 2.04. The van der Waals surface area contributed by atoms with Crippen LogP contribution in [0.5, 0.6) is 0 Å². The van der Waals surface area contributed by atoms with E-state index in [0.717, 1.165) is 17.1 Å². The van der Waals surface area contributed by atoms with Crippen LogP contribution in [0.2, 0.25) is 0 Å². The molecule has 1 amide bonds. The van der Waals surface area contributed by atoms with Crippen LogP contribution in [0.15, 0.2) is 30.3 Å². The Hall–Kier alpha value is -2.14. The first-order chi connectivity index (χ1) is 9.51. The molecule has 1 aliphatic carbocycles. The number of rotatable bonds is 3. The van der Waals surface area contributed by atoms with E-state index in [1.165, 1.54) is 0 Å². The predicted octanol–water partition coefficient (Wildman–Crippen LogP) is 1.95. The van der Waals surface area contributed by atoms with E-state index in [1.54, 1.807) is 4.68 Å². The maximum absolute atomic E-state index is 11.9. The summed E-state index contributed by atoms with van der Waals surface area (Å²) in [6, 6.07) is 9.74. The quantitative estimate of drug-likeness (QED) is 0.896. The van der Waals surface area contributed by atoms with E-state index in [2.05, 4.69) is 10.4 Å². The summed E-state index contributed by atoms with van der Waals surface area (Å²) in [5.74, 6) is -0.337. The first-order valence-corrected chi connectivity index (χ1v) is 6.67. The minimum atomic E-state index is -1.17. The van der Waals surface area contributed by atoms with Crippen molar-refractivity contribution in [1.29, 1.82) is 0 Å². The fourth-order valence-corrected chi connectivity index (χ4v) is 2.22. The second kappa shape index (κ2) is 4.45. The Kier molecular flexibility index (Phi) is 2.87. The average molecular weight is 271 g/mol. The lowest BCUT2D eigenvalue weighted by Gasteiger charge is -2.10. The van der Waals surface area contributed by atoms with Crippen molar-refractivity contribution in [3.8, 4) is 5.69 Å². The van der Waals surface area contributed by atoms with E-state index < -0.39 is 5.60 Å². The number of aromatic nitrogens is 2. The van der Waals surface area contributed by atoms with Crippen LogP contribution in [0, 0.1) is 13.8 Å². The van der Waals surface area contributed by atoms with Crippen molar-refractivity contribution < 1.29 is 9.90 Å². The van der Waals surface area contributed by atoms with Crippen LogP contribution in [0.1, 0.15) is 24.2 Å². The number of nitrogens with zero attached hydrogens (tertiary/aromatic N) is 2. The molecule has 5 heteroatoms. The molecule has 0 saturated heterocycles. The second-order valence-corrected chi connectivity index (χ2v) is 5.28. The van der Waals surface area contributed by atoms with Crippen LogP contribution in [0.3, 0.4) is 0 Å². The van der Waals surface area contributed by atoms with E-state index in [4.69, 9.17) is 0 Å². The van der Waals surface area contributed by atoms with Gasteiger partial charge in [-0.3, -0.25) is 4.79 Å². The molecule has 104 valence electrons. The highest BCUT2D eigenvalue weighted by Crippen LogP contribution is 2.36. The number of nitrogens with one attached hydrogen (secondary N) is 1. The normalized spacial score (nSPS) is 15.9. The Bertz CT molecular complexity index is 657. The summed E-state index contributed by atoms with van der Waals surface area (Å²) in [7, 11) is 0. The largest absolute Gasteiger partial charge is 0.380 e. The van der Waals surface area contributed by atoms with Crippen molar-refractivity contribution in [3.63, 3.8) is 0 Å². The Morgan fingerprint density at radius 3 is 2.55 bits per heavy atom. The summed E-state index contributed by atoms with van der Waals surface area (Å²) >= 11 is 0. The standard InChI is InChI=1S/C15H17N3O2/c1-10-13(16-14(19)15(20)8-9-15)11(2)18(17-10)12-6-4-3-5-7-12/h3-7,20H,8-9H2,1-2H3,(H,16,19). The Labute approximate surface area is 117 Å². The van der Waals surface area contributed by atoms with Crippen LogP contribution >= 0.6 is 0 Å². The molecule has 1 aromatic heterocycles. The Morgan fingerprint density at radius 2 is 1.95 bits per heavy atom. The van der Waals surface area contributed by atoms with Crippen molar-refractivity contribution in [3.05, 3.63) is 41.7 Å². The summed E-state index contributed by atoms with van der Waals surface area (Å²) in [6.07, 6.45) is 1.06. The molecule has 1 aliphatic rings. The van der Waals surface area contributed by atoms with Gasteiger partial charge in [-0.25, -0.2) is 4.68 Å². The van der Waals surface area contributed by atoms with Gasteiger partial charge in [-0.15, -0.1) is 0 Å². The first-order valence-electron chi connectivity index (χ1n) is 6.67. The lowest BCUT2D eigenvalue weighted by Crippen LogP contribution is -2.29. The van der Waals surface area contributed by atoms with Gasteiger partial charge in [0.25, 0.3) is 5.91 Å². The maximum atomic E-state index is 11.9. The van der Waals surface area contributed by atoms with E-state index in [1.807, 2.05) is 44.2 Å². The molecule has 1 saturated carbocycles. The van der Waals surface area contributed by atoms with Crippen molar-refractivity contribution in [2.24, 2.45) is 0 Å². The lowest BCUT2D eigenvalue weighted by atomic mass is 10.2. The molecule has 1 aromatic carbocycles. The number of aliphatic hydroxyl groups is 1. The second-order valence-electron chi connectivity index (χ2n) is 5.28. The highest BCUT2D eigenvalue weighted by Gasteiger charge is 2.48. The molecule has 0 bridgehead atoms. The number of aryl methyl sites for hydroxylation is 1. The van der Waals surface area contributed by atoms with Gasteiger partial charge in [0, 0.05) is 0 Å². The number of hydrogen-bond acceptors (Lipinski definition) is 3. The monoisotopic (exact) mass is 271 g/mol. The minimum absolute atomic E-state index is 0.337. The van der Waals surface area contributed by atoms with E-state index in [0.29, 0.717) is 18.5 Å². The summed E-state index contributed by atoms with van der Waals surface area (Å²) in [6.45, 7) is 3.75. The van der Waals surface area contributed by atoms with E-state index >= 15 is 0 Å². The van der Waals surface area contributed by atoms with Gasteiger partial charge in [-0.2, -0.15) is 5.10 Å². The number of hydrogen-bond donors (Lipinski definition) is 2. The maximum Gasteiger partial charge on any atom is 0.256 e. The Morgan fingerprint density at radius 1 is 1.30 bits per heavy atom. The summed E-state index contributed by atoms with van der Waals surface area (Å²) in [4.78, 5) is 11.9. The van der Waals surface area contributed by atoms with Gasteiger partial charge < -0.3 is 10.4 Å². The lowest BCUT2D eigenvalue weighted by molar-refractivity contribution is -0.125. The molecule has 5 nitrogen and oxygen atoms in total. The van der Waals surface area contributed by atoms with Crippen molar-refractivity contribution >= 4 is 11.6 Å². The predicted molar refractivity (Wildman–Crippen MR) is 75.9 cm³/mol. The van der Waals surface area contributed by atoms with Crippen molar-refractivity contribution in [2.45, 2.75) is 32.3 Å². The van der Waals surface area contributed by atoms with Crippen LogP contribution in [0.25, 0.3) is 5.69 Å². The van der Waals surface area contributed by atoms with E-state index in [9.17, 15) is 9.90 Å². The van der Waals surface area contributed by atoms with Gasteiger partial charge in [0.05, 0.1) is 22.8 Å². The highest BCUT2D eigenvalue weighted by atomic mass is 16.3. The average Bonchev–Trinajstić information content (AvgIpc) is 3.14. The molecule has 0 radical (unpaired) electrons. The topological polar surface area (TPSA) is 67.2 Å². The number of para-hydroxylation sites is 1. The molecule has 0 aliphatic heterocycles. The first kappa shape index (κ1) is 12.9. The van der Waals surface area contributed by atoms with Crippen LogP contribution < -0.4 is 5.32 Å². The van der Waals surface area contributed by atoms with Crippen LogP contribution in [-0.2, 0) is 4.79 Å². The number of benzene rings is 1. The van der Waals surface area contributed by atoms with Gasteiger partial charge in [0.1, 0.15) is 5.60 Å². The minimum Gasteiger partial charge on any atom is -0.380 e. The zero-order valence-corrected chi connectivity index (χ0v) is 11.6. The molecule has 20 heavy (non-hydrogen) atoms. The number of carbonyl (C=O) groups excluding carboxylic acids is 1. The summed E-state index contributed by atoms with van der Waals surface area (Å²) in [5, 5.41) is 17.1. The van der Waals surface area contributed by atoms with Crippen LogP contribution in [-0.4, -0.2) is 26.4 Å². The van der Waals surface area contributed by atoms with Gasteiger partial charge in [0.15, 0.2) is 0 Å². The van der Waals surface area contributed by atoms with Gasteiger partial charge in [0.2, 0.25) is 0 Å². The molecular formula is C15H17N3O2. The van der Waals surface area contributed by atoms with Crippen LogP contribution in [0.4, 0.5) is 5.69 Å². The number of carbonyl (C=O) groups is 1. The fourth-order valence-electron chi connectivity index (χ4n) is 2.22. The molecule has 0 atom stereocenters. The highest BCUT2D eigenvalue weighted by molar-refractivity contribution is 5.99. The van der Waals surface area contributed by atoms with Crippen molar-refractivity contribution in [2.75, 3.05) is 5.32 Å². The molecule has 0 unspecified atom stereocenters. The third kappa shape index (κ3) is 2.10. The summed E-state index contributed by atoms with van der Waals surface area (Å²) < 4.78 is 1.79. The van der Waals surface area contributed by atoms with Crippen molar-refractivity contribution in [1.82, 2.24) is 9.78 Å². The molecule has 1 fully saturated rings.